The molecular formula is C19H23N3O4S. The molecular weight excluding hydrogens is 366 g/mol. The van der Waals surface area contributed by atoms with Crippen molar-refractivity contribution in [3.05, 3.63) is 59.4 Å². The van der Waals surface area contributed by atoms with E-state index in [9.17, 15) is 18.0 Å². The van der Waals surface area contributed by atoms with Crippen LogP contribution in [0.3, 0.4) is 0 Å². The molecule has 0 saturated carbocycles. The van der Waals surface area contributed by atoms with Gasteiger partial charge in [-0.3, -0.25) is 14.6 Å². The SMILES string of the molecule is CCNC(=O)C(=O)NC[C@@H](c1cccnc1)S(=O)(=O)c1ccc(C)c(C)c1. The van der Waals surface area contributed by atoms with Crippen LogP contribution >= 0.6 is 0 Å². The highest BCUT2D eigenvalue weighted by Crippen LogP contribution is 2.29. The summed E-state index contributed by atoms with van der Waals surface area (Å²) < 4.78 is 26.4. The summed E-state index contributed by atoms with van der Waals surface area (Å²) in [5.41, 5.74) is 2.27. The average molecular weight is 389 g/mol. The summed E-state index contributed by atoms with van der Waals surface area (Å²) in [6.07, 6.45) is 2.98. The van der Waals surface area contributed by atoms with Crippen LogP contribution in [0.5, 0.6) is 0 Å². The average Bonchev–Trinajstić information content (AvgIpc) is 2.64. The van der Waals surface area contributed by atoms with Crippen LogP contribution in [0.1, 0.15) is 28.9 Å². The Labute approximate surface area is 159 Å². The number of hydrogen-bond donors (Lipinski definition) is 2. The Kier molecular flexibility index (Phi) is 6.68. The van der Waals surface area contributed by atoms with Gasteiger partial charge in [0.05, 0.1) is 4.90 Å². The zero-order chi connectivity index (χ0) is 20.0. The van der Waals surface area contributed by atoms with E-state index in [0.717, 1.165) is 11.1 Å². The molecule has 1 aromatic carbocycles. The lowest BCUT2D eigenvalue weighted by Crippen LogP contribution is -2.42. The third-order valence-corrected chi connectivity index (χ3v) is 6.33. The Balaban J connectivity index is 2.36. The van der Waals surface area contributed by atoms with Crippen LogP contribution < -0.4 is 10.6 Å². The molecule has 2 aromatic rings. The number of hydrogen-bond acceptors (Lipinski definition) is 5. The molecule has 1 aromatic heterocycles. The van der Waals surface area contributed by atoms with Crippen molar-refractivity contribution in [1.82, 2.24) is 15.6 Å². The number of benzene rings is 1. The van der Waals surface area contributed by atoms with Gasteiger partial charge in [0.25, 0.3) is 0 Å². The molecule has 0 fully saturated rings. The molecule has 0 bridgehead atoms. The second kappa shape index (κ2) is 8.77. The molecule has 0 unspecified atom stereocenters. The number of carbonyl (C=O) groups excluding carboxylic acids is 2. The van der Waals surface area contributed by atoms with E-state index in [4.69, 9.17) is 0 Å². The molecule has 2 rings (SSSR count). The molecule has 0 aliphatic rings. The van der Waals surface area contributed by atoms with Crippen molar-refractivity contribution in [2.75, 3.05) is 13.1 Å². The Morgan fingerprint density at radius 3 is 2.37 bits per heavy atom. The molecule has 0 aliphatic heterocycles. The summed E-state index contributed by atoms with van der Waals surface area (Å²) in [6, 6.07) is 8.17. The fourth-order valence-corrected chi connectivity index (χ4v) is 4.26. The van der Waals surface area contributed by atoms with Gasteiger partial charge in [-0.05, 0) is 55.7 Å². The Morgan fingerprint density at radius 2 is 1.78 bits per heavy atom. The minimum absolute atomic E-state index is 0.159. The van der Waals surface area contributed by atoms with Gasteiger partial charge in [0.2, 0.25) is 0 Å². The summed E-state index contributed by atoms with van der Waals surface area (Å²) in [5, 5.41) is 3.73. The Bertz CT molecular complexity index is 927. The molecule has 0 radical (unpaired) electrons. The number of aryl methyl sites for hydroxylation is 2. The largest absolute Gasteiger partial charge is 0.348 e. The van der Waals surface area contributed by atoms with Crippen molar-refractivity contribution < 1.29 is 18.0 Å². The minimum Gasteiger partial charge on any atom is -0.348 e. The number of amides is 2. The van der Waals surface area contributed by atoms with E-state index in [1.54, 1.807) is 37.3 Å². The first kappa shape index (κ1) is 20.6. The van der Waals surface area contributed by atoms with E-state index >= 15 is 0 Å². The molecule has 144 valence electrons. The second-order valence-corrected chi connectivity index (χ2v) is 8.27. The van der Waals surface area contributed by atoms with Crippen LogP contribution in [-0.4, -0.2) is 38.3 Å². The number of carbonyl (C=O) groups is 2. The maximum absolute atomic E-state index is 13.2. The van der Waals surface area contributed by atoms with Crippen LogP contribution in [0.4, 0.5) is 0 Å². The normalized spacial score (nSPS) is 12.3. The van der Waals surface area contributed by atoms with Crippen molar-refractivity contribution in [3.8, 4) is 0 Å². The topological polar surface area (TPSA) is 105 Å². The molecule has 0 aliphatic carbocycles. The highest BCUT2D eigenvalue weighted by atomic mass is 32.2. The smallest absolute Gasteiger partial charge is 0.309 e. The number of nitrogens with zero attached hydrogens (tertiary/aromatic N) is 1. The van der Waals surface area contributed by atoms with Gasteiger partial charge in [-0.25, -0.2) is 8.42 Å². The van der Waals surface area contributed by atoms with Gasteiger partial charge in [0.15, 0.2) is 9.84 Å². The predicted octanol–water partition coefficient (Wildman–Crippen LogP) is 1.47. The van der Waals surface area contributed by atoms with Crippen LogP contribution in [0.2, 0.25) is 0 Å². The number of pyridine rings is 1. The Morgan fingerprint density at radius 1 is 1.07 bits per heavy atom. The first-order valence-electron chi connectivity index (χ1n) is 8.54. The standard InChI is InChI=1S/C19H23N3O4S/c1-4-21-18(23)19(24)22-12-17(15-6-5-9-20-11-15)27(25,26)16-8-7-13(2)14(3)10-16/h5-11,17H,4,12H2,1-3H3,(H,21,23)(H,22,24)/t17-/m0/s1. The van der Waals surface area contributed by atoms with Gasteiger partial charge in [-0.15, -0.1) is 0 Å². The zero-order valence-corrected chi connectivity index (χ0v) is 16.3. The molecule has 27 heavy (non-hydrogen) atoms. The highest BCUT2D eigenvalue weighted by Gasteiger charge is 2.30. The molecule has 7 nitrogen and oxygen atoms in total. The lowest BCUT2D eigenvalue weighted by molar-refractivity contribution is -0.139. The monoisotopic (exact) mass is 389 g/mol. The van der Waals surface area contributed by atoms with Gasteiger partial charge in [0, 0.05) is 25.5 Å². The number of likely N-dealkylation sites (N-methyl/N-ethyl adjacent to an activating group) is 1. The van der Waals surface area contributed by atoms with E-state index < -0.39 is 26.9 Å². The zero-order valence-electron chi connectivity index (χ0n) is 15.5. The van der Waals surface area contributed by atoms with E-state index in [2.05, 4.69) is 15.6 Å². The van der Waals surface area contributed by atoms with E-state index in [1.165, 1.54) is 12.4 Å². The van der Waals surface area contributed by atoms with Crippen molar-refractivity contribution in [2.24, 2.45) is 0 Å². The van der Waals surface area contributed by atoms with Crippen LogP contribution in [0, 0.1) is 13.8 Å². The first-order valence-corrected chi connectivity index (χ1v) is 10.1. The molecule has 1 heterocycles. The summed E-state index contributed by atoms with van der Waals surface area (Å²) in [5.74, 6) is -1.67. The maximum atomic E-state index is 13.2. The molecule has 2 amide bonds. The van der Waals surface area contributed by atoms with Crippen LogP contribution in [0.25, 0.3) is 0 Å². The number of sulfone groups is 1. The van der Waals surface area contributed by atoms with Crippen molar-refractivity contribution in [2.45, 2.75) is 30.9 Å². The third-order valence-electron chi connectivity index (χ3n) is 4.23. The fourth-order valence-electron chi connectivity index (χ4n) is 2.53. The summed E-state index contributed by atoms with van der Waals surface area (Å²) >= 11 is 0. The van der Waals surface area contributed by atoms with Gasteiger partial charge in [-0.1, -0.05) is 12.1 Å². The quantitative estimate of drug-likeness (QED) is 0.728. The fraction of sp³-hybridized carbons (Fsp3) is 0.316. The second-order valence-electron chi connectivity index (χ2n) is 6.14. The summed E-state index contributed by atoms with van der Waals surface area (Å²) in [4.78, 5) is 27.6. The third kappa shape index (κ3) is 4.91. The molecule has 2 N–H and O–H groups in total. The maximum Gasteiger partial charge on any atom is 0.309 e. The molecule has 8 heteroatoms. The molecule has 0 spiro atoms. The lowest BCUT2D eigenvalue weighted by atomic mass is 10.1. The number of nitrogens with one attached hydrogen (secondary N) is 2. The van der Waals surface area contributed by atoms with E-state index in [1.807, 2.05) is 13.8 Å². The number of aromatic nitrogens is 1. The Hall–Kier alpha value is -2.74. The van der Waals surface area contributed by atoms with Gasteiger partial charge < -0.3 is 10.6 Å². The van der Waals surface area contributed by atoms with Gasteiger partial charge >= 0.3 is 11.8 Å². The van der Waals surface area contributed by atoms with Crippen molar-refractivity contribution in [3.63, 3.8) is 0 Å². The molecule has 0 saturated heterocycles. The highest BCUT2D eigenvalue weighted by molar-refractivity contribution is 7.91. The summed E-state index contributed by atoms with van der Waals surface area (Å²) in [6.45, 7) is 5.49. The first-order chi connectivity index (χ1) is 12.8. The summed E-state index contributed by atoms with van der Waals surface area (Å²) in [7, 11) is -3.81. The van der Waals surface area contributed by atoms with Gasteiger partial charge in [-0.2, -0.15) is 0 Å². The van der Waals surface area contributed by atoms with Crippen LogP contribution in [0.15, 0.2) is 47.6 Å². The van der Waals surface area contributed by atoms with E-state index in [-0.39, 0.29) is 11.4 Å². The van der Waals surface area contributed by atoms with E-state index in [0.29, 0.717) is 12.1 Å². The van der Waals surface area contributed by atoms with Crippen molar-refractivity contribution >= 4 is 21.7 Å². The van der Waals surface area contributed by atoms with Crippen LogP contribution in [-0.2, 0) is 19.4 Å². The minimum atomic E-state index is -3.81. The number of rotatable bonds is 6. The molecule has 1 atom stereocenters. The van der Waals surface area contributed by atoms with Crippen molar-refractivity contribution in [1.29, 1.82) is 0 Å². The predicted molar refractivity (Wildman–Crippen MR) is 102 cm³/mol. The van der Waals surface area contributed by atoms with Gasteiger partial charge in [0.1, 0.15) is 5.25 Å². The lowest BCUT2D eigenvalue weighted by Gasteiger charge is -2.19.